The third kappa shape index (κ3) is 3.50. The standard InChI is InChI=1S/C16H18FN7O/c1-24-8-9-2-3-10(6-13(9)23-24)21-15-11(14(19)25)7-12(17)16(22-15)20-5-4-18/h2-3,6-8H,4-5,18H2,1H3,(H2,19,25)(H2,20,21,22). The summed E-state index contributed by atoms with van der Waals surface area (Å²) in [4.78, 5) is 15.8. The van der Waals surface area contributed by atoms with E-state index in [1.165, 1.54) is 0 Å². The highest BCUT2D eigenvalue weighted by molar-refractivity contribution is 5.99. The molecular weight excluding hydrogens is 325 g/mol. The molecule has 2 heterocycles. The lowest BCUT2D eigenvalue weighted by molar-refractivity contribution is 0.100. The normalized spacial score (nSPS) is 10.8. The SMILES string of the molecule is Cn1cc2ccc(Nc3nc(NCCN)c(F)cc3C(N)=O)cc2n1. The van der Waals surface area contributed by atoms with Crippen LogP contribution in [0.15, 0.2) is 30.5 Å². The van der Waals surface area contributed by atoms with Crippen molar-refractivity contribution in [3.63, 3.8) is 0 Å². The van der Waals surface area contributed by atoms with Crippen molar-refractivity contribution in [2.24, 2.45) is 18.5 Å². The highest BCUT2D eigenvalue weighted by Gasteiger charge is 2.16. The summed E-state index contributed by atoms with van der Waals surface area (Å²) >= 11 is 0. The van der Waals surface area contributed by atoms with Crippen molar-refractivity contribution >= 4 is 34.1 Å². The van der Waals surface area contributed by atoms with Crippen LogP contribution < -0.4 is 22.1 Å². The Labute approximate surface area is 143 Å². The molecular formula is C16H18FN7O. The zero-order valence-corrected chi connectivity index (χ0v) is 13.6. The van der Waals surface area contributed by atoms with E-state index in [9.17, 15) is 9.18 Å². The number of carbonyl (C=O) groups excluding carboxylic acids is 1. The Morgan fingerprint density at radius 1 is 1.32 bits per heavy atom. The summed E-state index contributed by atoms with van der Waals surface area (Å²) in [6.07, 6.45) is 1.89. The molecule has 3 rings (SSSR count). The Morgan fingerprint density at radius 3 is 2.84 bits per heavy atom. The number of pyridine rings is 1. The number of aromatic nitrogens is 3. The van der Waals surface area contributed by atoms with E-state index in [1.54, 1.807) is 10.7 Å². The van der Waals surface area contributed by atoms with Gasteiger partial charge in [0.15, 0.2) is 11.6 Å². The summed E-state index contributed by atoms with van der Waals surface area (Å²) in [6, 6.07) is 6.55. The molecule has 0 aliphatic carbocycles. The van der Waals surface area contributed by atoms with Crippen LogP contribution in [0.3, 0.4) is 0 Å². The number of nitrogens with two attached hydrogens (primary N) is 2. The van der Waals surface area contributed by atoms with Crippen LogP contribution in [0.5, 0.6) is 0 Å². The Kier molecular flexibility index (Phi) is 4.48. The van der Waals surface area contributed by atoms with Gasteiger partial charge in [-0.3, -0.25) is 9.48 Å². The minimum absolute atomic E-state index is 0.00290. The molecule has 0 unspecified atom stereocenters. The van der Waals surface area contributed by atoms with Crippen LogP contribution in [0.1, 0.15) is 10.4 Å². The van der Waals surface area contributed by atoms with E-state index >= 15 is 0 Å². The van der Waals surface area contributed by atoms with E-state index in [4.69, 9.17) is 11.5 Å². The van der Waals surface area contributed by atoms with Crippen molar-refractivity contribution in [2.75, 3.05) is 23.7 Å². The van der Waals surface area contributed by atoms with Gasteiger partial charge in [-0.1, -0.05) is 0 Å². The number of fused-ring (bicyclic) bond motifs is 1. The van der Waals surface area contributed by atoms with Crippen molar-refractivity contribution in [2.45, 2.75) is 0 Å². The van der Waals surface area contributed by atoms with Gasteiger partial charge in [-0.05, 0) is 24.3 Å². The van der Waals surface area contributed by atoms with Crippen molar-refractivity contribution in [3.8, 4) is 0 Å². The number of halogens is 1. The summed E-state index contributed by atoms with van der Waals surface area (Å²) in [6.45, 7) is 0.664. The molecule has 0 saturated heterocycles. The molecule has 130 valence electrons. The number of carbonyl (C=O) groups is 1. The summed E-state index contributed by atoms with van der Waals surface area (Å²) in [5, 5.41) is 11.1. The highest BCUT2D eigenvalue weighted by atomic mass is 19.1. The maximum absolute atomic E-state index is 14.0. The first kappa shape index (κ1) is 16.7. The number of anilines is 3. The number of nitrogens with one attached hydrogen (secondary N) is 2. The molecule has 0 atom stereocenters. The zero-order valence-electron chi connectivity index (χ0n) is 13.6. The van der Waals surface area contributed by atoms with Gasteiger partial charge in [-0.2, -0.15) is 5.10 Å². The van der Waals surface area contributed by atoms with Crippen LogP contribution in [0.4, 0.5) is 21.7 Å². The molecule has 1 amide bonds. The molecule has 0 saturated carbocycles. The summed E-state index contributed by atoms with van der Waals surface area (Å²) in [5.74, 6) is -1.30. The number of amides is 1. The number of rotatable bonds is 6. The van der Waals surface area contributed by atoms with Gasteiger partial charge in [-0.15, -0.1) is 0 Å². The number of hydrogen-bond acceptors (Lipinski definition) is 6. The first-order valence-corrected chi connectivity index (χ1v) is 7.62. The monoisotopic (exact) mass is 343 g/mol. The van der Waals surface area contributed by atoms with Gasteiger partial charge in [0.1, 0.15) is 5.82 Å². The van der Waals surface area contributed by atoms with Crippen LogP contribution in [-0.2, 0) is 7.05 Å². The minimum Gasteiger partial charge on any atom is -0.366 e. The Bertz CT molecular complexity index is 938. The highest BCUT2D eigenvalue weighted by Crippen LogP contribution is 2.25. The number of benzene rings is 1. The molecule has 0 radical (unpaired) electrons. The van der Waals surface area contributed by atoms with Gasteiger partial charge in [0, 0.05) is 37.4 Å². The summed E-state index contributed by atoms with van der Waals surface area (Å²) < 4.78 is 15.8. The van der Waals surface area contributed by atoms with Crippen LogP contribution in [0.25, 0.3) is 10.9 Å². The fourth-order valence-corrected chi connectivity index (χ4v) is 2.44. The smallest absolute Gasteiger partial charge is 0.252 e. The lowest BCUT2D eigenvalue weighted by Gasteiger charge is -2.13. The average molecular weight is 343 g/mol. The second kappa shape index (κ2) is 6.73. The van der Waals surface area contributed by atoms with Gasteiger partial charge in [0.2, 0.25) is 0 Å². The van der Waals surface area contributed by atoms with E-state index in [0.29, 0.717) is 18.8 Å². The zero-order chi connectivity index (χ0) is 18.0. The Balaban J connectivity index is 1.99. The lowest BCUT2D eigenvalue weighted by atomic mass is 10.2. The molecule has 0 aliphatic rings. The first-order valence-electron chi connectivity index (χ1n) is 7.62. The van der Waals surface area contributed by atoms with Gasteiger partial charge in [0.25, 0.3) is 5.91 Å². The quantitative estimate of drug-likeness (QED) is 0.535. The summed E-state index contributed by atoms with van der Waals surface area (Å²) in [7, 11) is 1.83. The number of hydrogen-bond donors (Lipinski definition) is 4. The van der Waals surface area contributed by atoms with Crippen molar-refractivity contribution < 1.29 is 9.18 Å². The fraction of sp³-hybridized carbons (Fsp3) is 0.188. The average Bonchev–Trinajstić information content (AvgIpc) is 2.94. The van der Waals surface area contributed by atoms with Crippen LogP contribution in [0, 0.1) is 5.82 Å². The molecule has 9 heteroatoms. The second-order valence-electron chi connectivity index (χ2n) is 5.50. The Hall–Kier alpha value is -3.20. The van der Waals surface area contributed by atoms with Crippen molar-refractivity contribution in [1.82, 2.24) is 14.8 Å². The third-order valence-electron chi connectivity index (χ3n) is 3.56. The molecule has 8 nitrogen and oxygen atoms in total. The van der Waals surface area contributed by atoms with Crippen LogP contribution in [0.2, 0.25) is 0 Å². The maximum Gasteiger partial charge on any atom is 0.252 e. The van der Waals surface area contributed by atoms with E-state index in [-0.39, 0.29) is 17.2 Å². The van der Waals surface area contributed by atoms with Crippen molar-refractivity contribution in [3.05, 3.63) is 41.8 Å². The molecule has 0 spiro atoms. The lowest BCUT2D eigenvalue weighted by Crippen LogP contribution is -2.18. The van der Waals surface area contributed by atoms with Gasteiger partial charge < -0.3 is 22.1 Å². The largest absolute Gasteiger partial charge is 0.366 e. The molecule has 2 aromatic heterocycles. The van der Waals surface area contributed by atoms with Crippen molar-refractivity contribution in [1.29, 1.82) is 0 Å². The van der Waals surface area contributed by atoms with Gasteiger partial charge in [0.05, 0.1) is 11.1 Å². The van der Waals surface area contributed by atoms with E-state index in [2.05, 4.69) is 20.7 Å². The molecule has 0 fully saturated rings. The molecule has 1 aromatic carbocycles. The molecule has 6 N–H and O–H groups in total. The second-order valence-corrected chi connectivity index (χ2v) is 5.50. The number of nitrogens with zero attached hydrogens (tertiary/aromatic N) is 3. The molecule has 25 heavy (non-hydrogen) atoms. The minimum atomic E-state index is -0.779. The fourth-order valence-electron chi connectivity index (χ4n) is 2.44. The first-order chi connectivity index (χ1) is 12.0. The number of aryl methyl sites for hydroxylation is 1. The Morgan fingerprint density at radius 2 is 2.12 bits per heavy atom. The maximum atomic E-state index is 14.0. The van der Waals surface area contributed by atoms with Crippen LogP contribution >= 0.6 is 0 Å². The molecule has 0 aliphatic heterocycles. The predicted molar refractivity (Wildman–Crippen MR) is 94.3 cm³/mol. The van der Waals surface area contributed by atoms with Crippen LogP contribution in [-0.4, -0.2) is 33.8 Å². The summed E-state index contributed by atoms with van der Waals surface area (Å²) in [5.41, 5.74) is 12.1. The number of primary amides is 1. The third-order valence-corrected chi connectivity index (χ3v) is 3.56. The van der Waals surface area contributed by atoms with E-state index in [1.807, 2.05) is 25.4 Å². The predicted octanol–water partition coefficient (Wildman–Crippen LogP) is 1.32. The topological polar surface area (TPSA) is 124 Å². The van der Waals surface area contributed by atoms with Gasteiger partial charge >= 0.3 is 0 Å². The van der Waals surface area contributed by atoms with E-state index in [0.717, 1.165) is 17.0 Å². The van der Waals surface area contributed by atoms with Gasteiger partial charge in [-0.25, -0.2) is 9.37 Å². The molecule has 3 aromatic rings. The molecule has 0 bridgehead atoms. The van der Waals surface area contributed by atoms with E-state index < -0.39 is 11.7 Å².